The van der Waals surface area contributed by atoms with E-state index in [2.05, 4.69) is 15.9 Å². The number of hydrogen-bond donors (Lipinski definition) is 0. The van der Waals surface area contributed by atoms with E-state index in [-0.39, 0.29) is 19.0 Å². The van der Waals surface area contributed by atoms with Gasteiger partial charge in [0.25, 0.3) is 5.91 Å². The minimum Gasteiger partial charge on any atom is -0.312 e. The van der Waals surface area contributed by atoms with E-state index in [0.717, 1.165) is 8.04 Å². The van der Waals surface area contributed by atoms with Gasteiger partial charge in [-0.1, -0.05) is 15.9 Å². The molecule has 0 aliphatic carbocycles. The lowest BCUT2D eigenvalue weighted by molar-refractivity contribution is 0.0793. The van der Waals surface area contributed by atoms with Gasteiger partial charge >= 0.3 is 0 Å². The highest BCUT2D eigenvalue weighted by molar-refractivity contribution is 14.1. The molecule has 4 nitrogen and oxygen atoms in total. The molecule has 86 valence electrons. The van der Waals surface area contributed by atoms with Gasteiger partial charge in [0.1, 0.15) is 13.1 Å². The molecule has 0 unspecified atom stereocenters. The molecule has 0 radical (unpaired) electrons. The number of carbonyl (C=O) groups is 1. The van der Waals surface area contributed by atoms with E-state index in [9.17, 15) is 4.79 Å². The fraction of sp³-hybridized carbons (Fsp3) is 0.182. The summed E-state index contributed by atoms with van der Waals surface area (Å²) in [5.41, 5.74) is 0.491. The summed E-state index contributed by atoms with van der Waals surface area (Å²) in [5.74, 6) is -0.307. The first-order valence-electron chi connectivity index (χ1n) is 4.58. The van der Waals surface area contributed by atoms with Crippen LogP contribution in [-0.2, 0) is 0 Å². The number of nitrogens with zero attached hydrogens (tertiary/aromatic N) is 3. The van der Waals surface area contributed by atoms with Gasteiger partial charge < -0.3 is 4.90 Å². The first-order valence-corrected chi connectivity index (χ1v) is 6.45. The van der Waals surface area contributed by atoms with Gasteiger partial charge in [0, 0.05) is 8.04 Å². The maximum Gasteiger partial charge on any atom is 0.256 e. The first-order chi connectivity index (χ1) is 8.10. The summed E-state index contributed by atoms with van der Waals surface area (Å²) in [4.78, 5) is 13.3. The molecule has 0 atom stereocenters. The van der Waals surface area contributed by atoms with Crippen molar-refractivity contribution in [1.82, 2.24) is 4.90 Å². The van der Waals surface area contributed by atoms with Crippen molar-refractivity contribution in [3.63, 3.8) is 0 Å². The second-order valence-electron chi connectivity index (χ2n) is 3.10. The Balaban J connectivity index is 3.06. The lowest BCUT2D eigenvalue weighted by atomic mass is 10.2. The standard InChI is InChI=1S/C11H7BrIN3O/c12-8-1-2-10(13)9(7-8)11(17)16(5-3-14)6-4-15/h1-2,7H,5-6H2. The Morgan fingerprint density at radius 3 is 2.47 bits per heavy atom. The Hall–Kier alpha value is -1.12. The summed E-state index contributed by atoms with van der Waals surface area (Å²) in [6.45, 7) is -0.177. The van der Waals surface area contributed by atoms with Crippen molar-refractivity contribution in [2.75, 3.05) is 13.1 Å². The second kappa shape index (κ2) is 6.58. The van der Waals surface area contributed by atoms with Crippen LogP contribution in [0, 0.1) is 26.2 Å². The summed E-state index contributed by atoms with van der Waals surface area (Å²) in [5, 5.41) is 17.2. The summed E-state index contributed by atoms with van der Waals surface area (Å²) >= 11 is 5.34. The highest BCUT2D eigenvalue weighted by atomic mass is 127. The fourth-order valence-corrected chi connectivity index (χ4v) is 2.13. The van der Waals surface area contributed by atoms with Crippen molar-refractivity contribution in [3.05, 3.63) is 31.8 Å². The Labute approximate surface area is 121 Å². The van der Waals surface area contributed by atoms with Crippen molar-refractivity contribution < 1.29 is 4.79 Å². The molecule has 6 heteroatoms. The van der Waals surface area contributed by atoms with Gasteiger partial charge in [0.15, 0.2) is 0 Å². The zero-order chi connectivity index (χ0) is 12.8. The van der Waals surface area contributed by atoms with Crippen LogP contribution in [0.25, 0.3) is 0 Å². The van der Waals surface area contributed by atoms with Gasteiger partial charge in [-0.25, -0.2) is 0 Å². The molecule has 0 N–H and O–H groups in total. The highest BCUT2D eigenvalue weighted by Crippen LogP contribution is 2.19. The van der Waals surface area contributed by atoms with E-state index in [1.807, 2.05) is 40.8 Å². The molecule has 1 aromatic rings. The topological polar surface area (TPSA) is 67.9 Å². The summed E-state index contributed by atoms with van der Waals surface area (Å²) in [6.07, 6.45) is 0. The van der Waals surface area contributed by atoms with E-state index >= 15 is 0 Å². The fourth-order valence-electron chi connectivity index (χ4n) is 1.20. The molecule has 0 aliphatic heterocycles. The molecule has 1 aromatic carbocycles. The molecule has 0 fully saturated rings. The van der Waals surface area contributed by atoms with E-state index in [1.54, 1.807) is 12.1 Å². The molecule has 0 saturated heterocycles. The maximum absolute atomic E-state index is 12.1. The van der Waals surface area contributed by atoms with Gasteiger partial charge in [-0.05, 0) is 40.8 Å². The van der Waals surface area contributed by atoms with Crippen LogP contribution in [0.2, 0.25) is 0 Å². The van der Waals surface area contributed by atoms with Crippen LogP contribution in [0.1, 0.15) is 10.4 Å². The molecule has 0 saturated carbocycles. The van der Waals surface area contributed by atoms with Crippen LogP contribution in [0.5, 0.6) is 0 Å². The minimum absolute atomic E-state index is 0.0883. The van der Waals surface area contributed by atoms with Gasteiger partial charge in [0.2, 0.25) is 0 Å². The predicted octanol–water partition coefficient (Wildman–Crippen LogP) is 2.54. The van der Waals surface area contributed by atoms with Crippen molar-refractivity contribution in [2.45, 2.75) is 0 Å². The highest BCUT2D eigenvalue weighted by Gasteiger charge is 2.17. The van der Waals surface area contributed by atoms with Crippen molar-refractivity contribution in [2.24, 2.45) is 0 Å². The Kier molecular flexibility index (Phi) is 5.39. The SMILES string of the molecule is N#CCN(CC#N)C(=O)c1cc(Br)ccc1I. The van der Waals surface area contributed by atoms with Crippen molar-refractivity contribution in [3.8, 4) is 12.1 Å². The van der Waals surface area contributed by atoms with E-state index < -0.39 is 0 Å². The zero-order valence-corrected chi connectivity index (χ0v) is 12.4. The predicted molar refractivity (Wildman–Crippen MR) is 74.0 cm³/mol. The summed E-state index contributed by atoms with van der Waals surface area (Å²) < 4.78 is 1.58. The Bertz CT molecular complexity index is 502. The number of nitriles is 2. The first kappa shape index (κ1) is 13.9. The van der Waals surface area contributed by atoms with E-state index in [0.29, 0.717) is 5.56 Å². The minimum atomic E-state index is -0.307. The zero-order valence-electron chi connectivity index (χ0n) is 8.65. The molecule has 17 heavy (non-hydrogen) atoms. The summed E-state index contributed by atoms with van der Waals surface area (Å²) in [6, 6.07) is 9.07. The third-order valence-corrected chi connectivity index (χ3v) is 3.40. The smallest absolute Gasteiger partial charge is 0.256 e. The third kappa shape index (κ3) is 3.69. The van der Waals surface area contributed by atoms with Crippen LogP contribution in [0.3, 0.4) is 0 Å². The average Bonchev–Trinajstić information content (AvgIpc) is 2.31. The molecule has 1 rings (SSSR count). The largest absolute Gasteiger partial charge is 0.312 e. The normalized spacial score (nSPS) is 9.18. The van der Waals surface area contributed by atoms with E-state index in [4.69, 9.17) is 10.5 Å². The van der Waals surface area contributed by atoms with Gasteiger partial charge in [-0.2, -0.15) is 10.5 Å². The molecule has 0 aliphatic rings. The number of carbonyl (C=O) groups excluding carboxylic acids is 1. The van der Waals surface area contributed by atoms with Crippen LogP contribution in [-0.4, -0.2) is 23.9 Å². The van der Waals surface area contributed by atoms with Gasteiger partial charge in [-0.15, -0.1) is 0 Å². The molecule has 0 aromatic heterocycles. The maximum atomic E-state index is 12.1. The van der Waals surface area contributed by atoms with Crippen molar-refractivity contribution >= 4 is 44.4 Å². The molecule has 0 bridgehead atoms. The number of rotatable bonds is 3. The quantitative estimate of drug-likeness (QED) is 0.575. The Morgan fingerprint density at radius 1 is 1.35 bits per heavy atom. The molecule has 1 amide bonds. The average molecular weight is 404 g/mol. The van der Waals surface area contributed by atoms with Crippen LogP contribution in [0.15, 0.2) is 22.7 Å². The second-order valence-corrected chi connectivity index (χ2v) is 5.18. The number of amides is 1. The van der Waals surface area contributed by atoms with Crippen LogP contribution in [0.4, 0.5) is 0 Å². The molecular formula is C11H7BrIN3O. The third-order valence-electron chi connectivity index (χ3n) is 1.97. The number of halogens is 2. The Morgan fingerprint density at radius 2 is 1.94 bits per heavy atom. The summed E-state index contributed by atoms with van der Waals surface area (Å²) in [7, 11) is 0. The van der Waals surface area contributed by atoms with Gasteiger partial charge in [-0.3, -0.25) is 4.79 Å². The molecule has 0 heterocycles. The van der Waals surface area contributed by atoms with Gasteiger partial charge in [0.05, 0.1) is 17.7 Å². The molecular weight excluding hydrogens is 397 g/mol. The lowest BCUT2D eigenvalue weighted by Gasteiger charge is -2.16. The van der Waals surface area contributed by atoms with Crippen LogP contribution >= 0.6 is 38.5 Å². The van der Waals surface area contributed by atoms with E-state index in [1.165, 1.54) is 4.90 Å². The van der Waals surface area contributed by atoms with Crippen LogP contribution < -0.4 is 0 Å². The monoisotopic (exact) mass is 403 g/mol. The van der Waals surface area contributed by atoms with Crippen molar-refractivity contribution in [1.29, 1.82) is 10.5 Å². The molecule has 0 spiro atoms. The lowest BCUT2D eigenvalue weighted by Crippen LogP contribution is -2.32. The number of benzene rings is 1. The number of hydrogen-bond acceptors (Lipinski definition) is 3.